The van der Waals surface area contributed by atoms with Gasteiger partial charge < -0.3 is 24.6 Å². The van der Waals surface area contributed by atoms with Gasteiger partial charge in [-0.2, -0.15) is 0 Å². The summed E-state index contributed by atoms with van der Waals surface area (Å²) in [7, 11) is -6.00. The van der Waals surface area contributed by atoms with E-state index in [0.717, 1.165) is 0 Å². The Morgan fingerprint density at radius 2 is 1.81 bits per heavy atom. The van der Waals surface area contributed by atoms with Crippen LogP contribution in [0.15, 0.2) is 0 Å². The second-order valence-electron chi connectivity index (χ2n) is 3.37. The molecule has 0 radical (unpaired) electrons. The minimum Gasteiger partial charge on any atom is -0.330 e. The van der Waals surface area contributed by atoms with Gasteiger partial charge in [-0.25, -0.2) is 0 Å². The van der Waals surface area contributed by atoms with Crippen molar-refractivity contribution >= 4 is 16.5 Å². The lowest BCUT2D eigenvalue weighted by molar-refractivity contribution is 0.107. The van der Waals surface area contributed by atoms with Crippen LogP contribution in [0.5, 0.6) is 0 Å². The Bertz CT molecular complexity index is 239. The largest absolute Gasteiger partial charge is 0.330 e. The van der Waals surface area contributed by atoms with Crippen molar-refractivity contribution in [3.63, 3.8) is 0 Å². The fourth-order valence-corrected chi connectivity index (χ4v) is 2.24. The first kappa shape index (κ1) is 16.3. The van der Waals surface area contributed by atoms with Crippen LogP contribution in [0.2, 0.25) is 0 Å². The summed E-state index contributed by atoms with van der Waals surface area (Å²) < 4.78 is 30.4. The molecule has 98 valence electrons. The van der Waals surface area contributed by atoms with E-state index in [4.69, 9.17) is 20.0 Å². The quantitative estimate of drug-likeness (QED) is 0.529. The molecule has 0 aliphatic heterocycles. The molecule has 0 rings (SSSR count). The predicted octanol–water partition coefficient (Wildman–Crippen LogP) is 0.670. The minimum atomic E-state index is -3.02. The summed E-state index contributed by atoms with van der Waals surface area (Å²) in [4.78, 5) is 17.2. The van der Waals surface area contributed by atoms with Crippen LogP contribution in [-0.2, 0) is 18.2 Å². The highest BCUT2D eigenvalue weighted by atomic mass is 31.1. The van der Waals surface area contributed by atoms with Crippen LogP contribution >= 0.6 is 16.5 Å². The summed E-state index contributed by atoms with van der Waals surface area (Å²) in [5.41, 5.74) is 5.32. The van der Waals surface area contributed by atoms with Crippen LogP contribution in [0.25, 0.3) is 0 Å². The molecule has 0 aliphatic carbocycles. The van der Waals surface area contributed by atoms with E-state index in [1.807, 2.05) is 0 Å². The fourth-order valence-electron chi connectivity index (χ4n) is 1.30. The molecule has 0 aromatic carbocycles. The van der Waals surface area contributed by atoms with E-state index >= 15 is 0 Å². The fraction of sp³-hybridized carbons (Fsp3) is 1.00. The van der Waals surface area contributed by atoms with Crippen molar-refractivity contribution in [2.24, 2.45) is 5.73 Å². The first-order valence-electron chi connectivity index (χ1n) is 4.95. The van der Waals surface area contributed by atoms with E-state index < -0.39 is 28.7 Å². The van der Waals surface area contributed by atoms with Gasteiger partial charge in [0, 0.05) is 6.42 Å². The van der Waals surface area contributed by atoms with Crippen molar-refractivity contribution in [2.45, 2.75) is 38.4 Å². The number of hydrogen-bond acceptors (Lipinski definition) is 5. The third-order valence-electron chi connectivity index (χ3n) is 1.89. The van der Waals surface area contributed by atoms with Crippen LogP contribution in [0, 0.1) is 0 Å². The first-order valence-corrected chi connectivity index (χ1v) is 7.47. The van der Waals surface area contributed by atoms with E-state index in [-0.39, 0.29) is 6.42 Å². The van der Waals surface area contributed by atoms with E-state index in [2.05, 4.69) is 4.52 Å². The minimum absolute atomic E-state index is 0.286. The molecule has 4 atom stereocenters. The SMILES string of the molecule is C[C@@H](CC(CCCN)O[PH](=O)O)O[PH](=O)O. The first-order chi connectivity index (χ1) is 7.45. The van der Waals surface area contributed by atoms with Crippen molar-refractivity contribution in [1.29, 1.82) is 0 Å². The van der Waals surface area contributed by atoms with E-state index in [0.29, 0.717) is 19.4 Å². The molecule has 0 amide bonds. The molecule has 0 aromatic heterocycles. The maximum absolute atomic E-state index is 10.6. The topological polar surface area (TPSA) is 119 Å². The van der Waals surface area contributed by atoms with Gasteiger partial charge in [-0.3, -0.25) is 9.13 Å². The Labute approximate surface area is 95.8 Å². The third kappa shape index (κ3) is 9.48. The second kappa shape index (κ2) is 9.31. The maximum atomic E-state index is 10.6. The Hall–Kier alpha value is 0.260. The summed E-state index contributed by atoms with van der Waals surface area (Å²) >= 11 is 0. The summed E-state index contributed by atoms with van der Waals surface area (Å²) in [6, 6.07) is 0. The molecular weight excluding hydrogens is 256 g/mol. The van der Waals surface area contributed by atoms with E-state index in [1.165, 1.54) is 0 Å². The normalized spacial score (nSPS) is 19.0. The molecule has 0 heterocycles. The molecular formula is C7H19NO6P2. The Morgan fingerprint density at radius 1 is 1.25 bits per heavy atom. The molecule has 0 spiro atoms. The van der Waals surface area contributed by atoms with Gasteiger partial charge in [0.15, 0.2) is 0 Å². The smallest absolute Gasteiger partial charge is 0.316 e. The molecule has 4 N–H and O–H groups in total. The van der Waals surface area contributed by atoms with Gasteiger partial charge >= 0.3 is 16.5 Å². The molecule has 9 heteroatoms. The van der Waals surface area contributed by atoms with Crippen LogP contribution in [0.4, 0.5) is 0 Å². The summed E-state index contributed by atoms with van der Waals surface area (Å²) in [5, 5.41) is 0. The Morgan fingerprint density at radius 3 is 2.25 bits per heavy atom. The number of hydrogen-bond donors (Lipinski definition) is 3. The van der Waals surface area contributed by atoms with Gasteiger partial charge in [-0.1, -0.05) is 0 Å². The van der Waals surface area contributed by atoms with Crippen molar-refractivity contribution in [3.8, 4) is 0 Å². The van der Waals surface area contributed by atoms with Crippen molar-refractivity contribution in [1.82, 2.24) is 0 Å². The molecule has 3 unspecified atom stereocenters. The molecule has 16 heavy (non-hydrogen) atoms. The van der Waals surface area contributed by atoms with Crippen LogP contribution < -0.4 is 5.73 Å². The van der Waals surface area contributed by atoms with Crippen LogP contribution in [-0.4, -0.2) is 28.5 Å². The molecule has 0 fully saturated rings. The summed E-state index contributed by atoms with van der Waals surface area (Å²) in [6.07, 6.45) is 0.485. The third-order valence-corrected chi connectivity index (χ3v) is 3.03. The van der Waals surface area contributed by atoms with E-state index in [9.17, 15) is 9.13 Å². The highest BCUT2D eigenvalue weighted by Crippen LogP contribution is 2.27. The molecule has 0 aliphatic rings. The zero-order valence-corrected chi connectivity index (χ0v) is 11.1. The number of nitrogens with two attached hydrogens (primary N) is 1. The van der Waals surface area contributed by atoms with Gasteiger partial charge in [0.2, 0.25) is 0 Å². The van der Waals surface area contributed by atoms with Gasteiger partial charge in [-0.05, 0) is 26.3 Å². The van der Waals surface area contributed by atoms with Gasteiger partial charge in [0.25, 0.3) is 0 Å². The van der Waals surface area contributed by atoms with Crippen molar-refractivity contribution in [3.05, 3.63) is 0 Å². The summed E-state index contributed by atoms with van der Waals surface area (Å²) in [6.45, 7) is 2.06. The second-order valence-corrected chi connectivity index (χ2v) is 4.90. The van der Waals surface area contributed by atoms with Crippen LogP contribution in [0.3, 0.4) is 0 Å². The van der Waals surface area contributed by atoms with E-state index in [1.54, 1.807) is 6.92 Å². The highest BCUT2D eigenvalue weighted by Gasteiger charge is 2.17. The standard InChI is InChI=1S/C7H19NO6P2/c1-6(13-15(9)10)5-7(3-2-4-8)14-16(11)12/h6-7,15-16H,2-5,8H2,1H3,(H,9,10)(H,11,12)/t6-,7?/m0/s1. The number of rotatable bonds is 9. The van der Waals surface area contributed by atoms with Crippen molar-refractivity contribution in [2.75, 3.05) is 6.54 Å². The maximum Gasteiger partial charge on any atom is 0.316 e. The van der Waals surface area contributed by atoms with Crippen LogP contribution in [0.1, 0.15) is 26.2 Å². The molecule has 7 nitrogen and oxygen atoms in total. The highest BCUT2D eigenvalue weighted by molar-refractivity contribution is 7.32. The predicted molar refractivity (Wildman–Crippen MR) is 60.8 cm³/mol. The average Bonchev–Trinajstić information content (AvgIpc) is 2.11. The molecule has 0 saturated heterocycles. The summed E-state index contributed by atoms with van der Waals surface area (Å²) in [5.74, 6) is 0. The zero-order valence-electron chi connectivity index (χ0n) is 9.09. The lowest BCUT2D eigenvalue weighted by Crippen LogP contribution is -2.19. The molecule has 0 saturated carbocycles. The van der Waals surface area contributed by atoms with Gasteiger partial charge in [0.05, 0.1) is 12.2 Å². The molecule has 0 bridgehead atoms. The zero-order chi connectivity index (χ0) is 12.6. The molecule has 0 aromatic rings. The lowest BCUT2D eigenvalue weighted by atomic mass is 10.1. The Kier molecular flexibility index (Phi) is 9.46. The van der Waals surface area contributed by atoms with Gasteiger partial charge in [-0.15, -0.1) is 0 Å². The van der Waals surface area contributed by atoms with Gasteiger partial charge in [0.1, 0.15) is 0 Å². The van der Waals surface area contributed by atoms with Crippen molar-refractivity contribution < 1.29 is 28.0 Å². The monoisotopic (exact) mass is 275 g/mol. The Balaban J connectivity index is 4.07. The average molecular weight is 275 g/mol. The lowest BCUT2D eigenvalue weighted by Gasteiger charge is -2.19.